The van der Waals surface area contributed by atoms with E-state index in [4.69, 9.17) is 17.2 Å². The van der Waals surface area contributed by atoms with E-state index in [-0.39, 0.29) is 5.11 Å². The third kappa shape index (κ3) is 3.65. The maximum atomic E-state index is 12.4. The van der Waals surface area contributed by atoms with Crippen molar-refractivity contribution < 1.29 is 9.59 Å². The summed E-state index contributed by atoms with van der Waals surface area (Å²) in [6.45, 7) is 0. The van der Waals surface area contributed by atoms with Gasteiger partial charge in [0, 0.05) is 6.21 Å². The lowest BCUT2D eigenvalue weighted by molar-refractivity contribution is -0.131. The number of thiocarbonyl (C=S) groups is 1. The maximum Gasteiger partial charge on any atom is 0.244 e. The standard InChI is InChI=1S/C24H19N3O2S/c28-21-20(22(29)27-23(30)26-21)16-25-24(17-10-4-1-5-11-17,18-12-6-2-7-13-18)19-14-8-3-9-15-19/h1-16,20H,(H2,26,27,28,29,30). The molecule has 5 nitrogen and oxygen atoms in total. The molecule has 6 heteroatoms. The number of hydrogen-bond donors (Lipinski definition) is 2. The number of carbonyl (C=O) groups excluding carboxylic acids is 2. The first kappa shape index (κ1) is 19.7. The zero-order valence-electron chi connectivity index (χ0n) is 16.0. The van der Waals surface area contributed by atoms with E-state index in [0.29, 0.717) is 0 Å². The van der Waals surface area contributed by atoms with Crippen LogP contribution >= 0.6 is 12.2 Å². The van der Waals surface area contributed by atoms with E-state index < -0.39 is 23.3 Å². The Morgan fingerprint density at radius 1 is 0.700 bits per heavy atom. The summed E-state index contributed by atoms with van der Waals surface area (Å²) in [4.78, 5) is 29.7. The molecule has 148 valence electrons. The Balaban J connectivity index is 1.92. The van der Waals surface area contributed by atoms with Crippen LogP contribution in [0.4, 0.5) is 0 Å². The van der Waals surface area contributed by atoms with Crippen LogP contribution in [-0.2, 0) is 15.1 Å². The molecule has 4 rings (SSSR count). The average Bonchev–Trinajstić information content (AvgIpc) is 2.78. The maximum absolute atomic E-state index is 12.4. The second kappa shape index (κ2) is 8.39. The highest BCUT2D eigenvalue weighted by Gasteiger charge is 2.37. The Labute approximate surface area is 179 Å². The van der Waals surface area contributed by atoms with Crippen molar-refractivity contribution in [1.29, 1.82) is 0 Å². The normalized spacial score (nSPS) is 15.1. The highest BCUT2D eigenvalue weighted by atomic mass is 32.1. The molecule has 2 N–H and O–H groups in total. The summed E-state index contributed by atoms with van der Waals surface area (Å²) in [5.41, 5.74) is 1.84. The second-order valence-electron chi connectivity index (χ2n) is 6.87. The SMILES string of the molecule is O=C1NC(=S)NC(=O)C1C=NC(c1ccccc1)(c1ccccc1)c1ccccc1. The van der Waals surface area contributed by atoms with Crippen molar-refractivity contribution in [2.45, 2.75) is 5.54 Å². The molecule has 0 unspecified atom stereocenters. The zero-order valence-corrected chi connectivity index (χ0v) is 16.8. The molecule has 0 spiro atoms. The summed E-state index contributed by atoms with van der Waals surface area (Å²) in [6, 6.07) is 29.5. The number of nitrogens with zero attached hydrogens (tertiary/aromatic N) is 1. The number of benzene rings is 3. The van der Waals surface area contributed by atoms with Crippen LogP contribution in [0.25, 0.3) is 0 Å². The summed E-state index contributed by atoms with van der Waals surface area (Å²) in [5.74, 6) is -2.06. The molecule has 3 aromatic carbocycles. The van der Waals surface area contributed by atoms with E-state index in [1.54, 1.807) is 0 Å². The van der Waals surface area contributed by atoms with Gasteiger partial charge in [-0.2, -0.15) is 0 Å². The fourth-order valence-electron chi connectivity index (χ4n) is 3.61. The van der Waals surface area contributed by atoms with Gasteiger partial charge in [-0.1, -0.05) is 91.0 Å². The molecule has 0 saturated carbocycles. The largest absolute Gasteiger partial charge is 0.302 e. The number of rotatable bonds is 5. The lowest BCUT2D eigenvalue weighted by atomic mass is 9.77. The van der Waals surface area contributed by atoms with E-state index in [9.17, 15) is 9.59 Å². The molecule has 1 saturated heterocycles. The van der Waals surface area contributed by atoms with Gasteiger partial charge in [0.25, 0.3) is 0 Å². The number of hydrogen-bond acceptors (Lipinski definition) is 4. The molecule has 1 heterocycles. The minimum absolute atomic E-state index is 0.00934. The Morgan fingerprint density at radius 3 is 1.43 bits per heavy atom. The Hall–Kier alpha value is -3.64. The zero-order chi connectivity index (χ0) is 21.0. The van der Waals surface area contributed by atoms with Gasteiger partial charge >= 0.3 is 0 Å². The third-order valence-corrected chi connectivity index (χ3v) is 5.23. The smallest absolute Gasteiger partial charge is 0.244 e. The van der Waals surface area contributed by atoms with Crippen molar-refractivity contribution in [3.63, 3.8) is 0 Å². The van der Waals surface area contributed by atoms with E-state index in [1.165, 1.54) is 6.21 Å². The van der Waals surface area contributed by atoms with Crippen LogP contribution in [0.2, 0.25) is 0 Å². The van der Waals surface area contributed by atoms with Gasteiger partial charge in [0.05, 0.1) is 0 Å². The number of aliphatic imine (C=N–C) groups is 1. The highest BCUT2D eigenvalue weighted by molar-refractivity contribution is 7.80. The quantitative estimate of drug-likeness (QED) is 0.292. The molecule has 0 atom stereocenters. The average molecular weight is 414 g/mol. The van der Waals surface area contributed by atoms with E-state index in [0.717, 1.165) is 16.7 Å². The molecule has 0 aromatic heterocycles. The summed E-state index contributed by atoms with van der Waals surface area (Å²) < 4.78 is 0. The lowest BCUT2D eigenvalue weighted by Crippen LogP contribution is -2.56. The van der Waals surface area contributed by atoms with Gasteiger partial charge in [-0.3, -0.25) is 14.6 Å². The van der Waals surface area contributed by atoms with Crippen LogP contribution < -0.4 is 10.6 Å². The molecular weight excluding hydrogens is 394 g/mol. The molecule has 3 aromatic rings. The van der Waals surface area contributed by atoms with Crippen LogP contribution in [0.15, 0.2) is 96.0 Å². The number of carbonyl (C=O) groups is 2. The molecule has 1 aliphatic rings. The topological polar surface area (TPSA) is 70.6 Å². The highest BCUT2D eigenvalue weighted by Crippen LogP contribution is 2.40. The van der Waals surface area contributed by atoms with Crippen molar-refractivity contribution in [2.75, 3.05) is 0 Å². The summed E-state index contributed by atoms with van der Waals surface area (Å²) in [5, 5.41) is 4.98. The van der Waals surface area contributed by atoms with Crippen molar-refractivity contribution >= 4 is 35.4 Å². The minimum Gasteiger partial charge on any atom is -0.302 e. The summed E-state index contributed by atoms with van der Waals surface area (Å²) in [7, 11) is 0. The summed E-state index contributed by atoms with van der Waals surface area (Å²) >= 11 is 4.89. The lowest BCUT2D eigenvalue weighted by Gasteiger charge is -2.32. The molecule has 0 bridgehead atoms. The molecule has 0 radical (unpaired) electrons. The van der Waals surface area contributed by atoms with E-state index in [1.807, 2.05) is 91.0 Å². The van der Waals surface area contributed by atoms with Crippen molar-refractivity contribution in [3.8, 4) is 0 Å². The molecule has 1 fully saturated rings. The van der Waals surface area contributed by atoms with Crippen LogP contribution in [0.3, 0.4) is 0 Å². The predicted molar refractivity (Wildman–Crippen MR) is 120 cm³/mol. The Kier molecular flexibility index (Phi) is 5.50. The van der Waals surface area contributed by atoms with Gasteiger partial charge in [-0.15, -0.1) is 0 Å². The van der Waals surface area contributed by atoms with E-state index >= 15 is 0 Å². The third-order valence-electron chi connectivity index (χ3n) is 5.03. The van der Waals surface area contributed by atoms with Crippen LogP contribution in [0, 0.1) is 5.92 Å². The molecule has 1 aliphatic heterocycles. The van der Waals surface area contributed by atoms with Gasteiger partial charge in [-0.25, -0.2) is 0 Å². The van der Waals surface area contributed by atoms with Crippen molar-refractivity contribution in [1.82, 2.24) is 10.6 Å². The Morgan fingerprint density at radius 2 is 1.07 bits per heavy atom. The predicted octanol–water partition coefficient (Wildman–Crippen LogP) is 3.20. The number of nitrogens with one attached hydrogen (secondary N) is 2. The first-order valence-electron chi connectivity index (χ1n) is 9.49. The van der Waals surface area contributed by atoms with Gasteiger partial charge in [0.1, 0.15) is 5.54 Å². The van der Waals surface area contributed by atoms with Crippen LogP contribution in [0.1, 0.15) is 16.7 Å². The minimum atomic E-state index is -1.08. The summed E-state index contributed by atoms with van der Waals surface area (Å²) in [6.07, 6.45) is 1.42. The monoisotopic (exact) mass is 413 g/mol. The fraction of sp³-hybridized carbons (Fsp3) is 0.0833. The first-order chi connectivity index (χ1) is 14.6. The van der Waals surface area contributed by atoms with E-state index in [2.05, 4.69) is 10.6 Å². The Bertz CT molecular complexity index is 982. The second-order valence-corrected chi connectivity index (χ2v) is 7.28. The molecular formula is C24H19N3O2S. The van der Waals surface area contributed by atoms with Gasteiger partial charge in [0.15, 0.2) is 11.0 Å². The van der Waals surface area contributed by atoms with Crippen molar-refractivity contribution in [3.05, 3.63) is 108 Å². The first-order valence-corrected chi connectivity index (χ1v) is 9.90. The van der Waals surface area contributed by atoms with Crippen molar-refractivity contribution in [2.24, 2.45) is 10.9 Å². The molecule has 2 amide bonds. The fourth-order valence-corrected chi connectivity index (χ4v) is 3.81. The van der Waals surface area contributed by atoms with Crippen LogP contribution in [-0.4, -0.2) is 23.1 Å². The molecule has 30 heavy (non-hydrogen) atoms. The van der Waals surface area contributed by atoms with Crippen LogP contribution in [0.5, 0.6) is 0 Å². The van der Waals surface area contributed by atoms with Gasteiger partial charge in [0.2, 0.25) is 11.8 Å². The molecule has 0 aliphatic carbocycles. The number of amides is 2. The van der Waals surface area contributed by atoms with Gasteiger partial charge in [-0.05, 0) is 28.9 Å². The van der Waals surface area contributed by atoms with Gasteiger partial charge < -0.3 is 10.6 Å².